The van der Waals surface area contributed by atoms with Gasteiger partial charge in [0.25, 0.3) is 5.91 Å². The smallest absolute Gasteiger partial charge is 0.265 e. The lowest BCUT2D eigenvalue weighted by molar-refractivity contribution is 0.0112. The van der Waals surface area contributed by atoms with Gasteiger partial charge in [-0.25, -0.2) is 4.98 Å². The summed E-state index contributed by atoms with van der Waals surface area (Å²) in [7, 11) is 0. The van der Waals surface area contributed by atoms with E-state index in [2.05, 4.69) is 9.88 Å². The average Bonchev–Trinajstić information content (AvgIpc) is 3.30. The molecule has 0 aromatic carbocycles. The number of aliphatic hydroxyl groups is 1. The van der Waals surface area contributed by atoms with Crippen LogP contribution in [-0.2, 0) is 4.74 Å². The standard InChI is InChI=1S/C16H25N3O3S/c1-2-22-11-13(20)10-18-5-7-19(8-6-18)16(21)14-9-17-15(23-14)12-3-4-12/h9,12-13,20H,2-8,10-11H2,1H3. The molecular weight excluding hydrogens is 314 g/mol. The van der Waals surface area contributed by atoms with Crippen molar-refractivity contribution < 1.29 is 14.6 Å². The SMILES string of the molecule is CCOCC(O)CN1CCN(C(=O)c2cnc(C3CC3)s2)CC1. The van der Waals surface area contributed by atoms with Gasteiger partial charge in [0.2, 0.25) is 0 Å². The predicted octanol–water partition coefficient (Wildman–Crippen LogP) is 1.18. The molecule has 23 heavy (non-hydrogen) atoms. The van der Waals surface area contributed by atoms with Gasteiger partial charge in [0, 0.05) is 45.2 Å². The van der Waals surface area contributed by atoms with E-state index in [4.69, 9.17) is 4.74 Å². The van der Waals surface area contributed by atoms with Crippen LogP contribution in [0.4, 0.5) is 0 Å². The molecule has 1 saturated carbocycles. The molecule has 1 unspecified atom stereocenters. The summed E-state index contributed by atoms with van der Waals surface area (Å²) in [5, 5.41) is 11.0. The Morgan fingerprint density at radius 1 is 1.43 bits per heavy atom. The van der Waals surface area contributed by atoms with E-state index in [9.17, 15) is 9.90 Å². The van der Waals surface area contributed by atoms with Crippen LogP contribution < -0.4 is 0 Å². The summed E-state index contributed by atoms with van der Waals surface area (Å²) in [5.41, 5.74) is 0. The minimum atomic E-state index is -0.459. The molecule has 1 aliphatic heterocycles. The predicted molar refractivity (Wildman–Crippen MR) is 88.9 cm³/mol. The fourth-order valence-electron chi connectivity index (χ4n) is 2.80. The Morgan fingerprint density at radius 2 is 2.17 bits per heavy atom. The largest absolute Gasteiger partial charge is 0.389 e. The first-order valence-electron chi connectivity index (χ1n) is 8.40. The van der Waals surface area contributed by atoms with E-state index >= 15 is 0 Å². The van der Waals surface area contributed by atoms with Crippen molar-refractivity contribution in [3.8, 4) is 0 Å². The molecule has 1 aromatic heterocycles. The lowest BCUT2D eigenvalue weighted by Gasteiger charge is -2.35. The number of piperazine rings is 1. The maximum absolute atomic E-state index is 12.5. The first-order valence-corrected chi connectivity index (χ1v) is 9.22. The van der Waals surface area contributed by atoms with Crippen LogP contribution in [0.2, 0.25) is 0 Å². The number of rotatable bonds is 7. The molecule has 6 nitrogen and oxygen atoms in total. The molecule has 1 aromatic rings. The van der Waals surface area contributed by atoms with E-state index in [1.54, 1.807) is 17.5 Å². The number of hydrogen-bond donors (Lipinski definition) is 1. The molecule has 3 rings (SSSR count). The maximum Gasteiger partial charge on any atom is 0.265 e. The van der Waals surface area contributed by atoms with Crippen LogP contribution in [-0.4, -0.2) is 77.8 Å². The van der Waals surface area contributed by atoms with Gasteiger partial charge in [-0.1, -0.05) is 0 Å². The van der Waals surface area contributed by atoms with Crippen LogP contribution in [0, 0.1) is 0 Å². The fourth-order valence-corrected chi connectivity index (χ4v) is 3.85. The number of aromatic nitrogens is 1. The second-order valence-corrected chi connectivity index (χ2v) is 7.31. The van der Waals surface area contributed by atoms with E-state index in [0.717, 1.165) is 23.0 Å². The molecule has 1 aliphatic carbocycles. The van der Waals surface area contributed by atoms with Crippen molar-refractivity contribution >= 4 is 17.2 Å². The monoisotopic (exact) mass is 339 g/mol. The number of hydrogen-bond acceptors (Lipinski definition) is 6. The maximum atomic E-state index is 12.5. The molecule has 2 fully saturated rings. The Morgan fingerprint density at radius 3 is 2.83 bits per heavy atom. The molecule has 1 atom stereocenters. The van der Waals surface area contributed by atoms with Gasteiger partial charge >= 0.3 is 0 Å². The van der Waals surface area contributed by atoms with Crippen LogP contribution in [0.5, 0.6) is 0 Å². The summed E-state index contributed by atoms with van der Waals surface area (Å²) in [6.45, 7) is 6.52. The molecular formula is C16H25N3O3S. The number of amides is 1. The highest BCUT2D eigenvalue weighted by atomic mass is 32.1. The topological polar surface area (TPSA) is 65.9 Å². The molecule has 0 radical (unpaired) electrons. The van der Waals surface area contributed by atoms with Crippen molar-refractivity contribution in [3.05, 3.63) is 16.1 Å². The normalized spacial score (nSPS) is 20.7. The third-order valence-electron chi connectivity index (χ3n) is 4.30. The minimum Gasteiger partial charge on any atom is -0.389 e. The number of carbonyl (C=O) groups excluding carboxylic acids is 1. The summed E-state index contributed by atoms with van der Waals surface area (Å²) < 4.78 is 5.23. The highest BCUT2D eigenvalue weighted by Gasteiger charge is 2.29. The highest BCUT2D eigenvalue weighted by molar-refractivity contribution is 7.13. The van der Waals surface area contributed by atoms with Gasteiger partial charge in [0.15, 0.2) is 0 Å². The Labute approximate surface area is 141 Å². The average molecular weight is 339 g/mol. The quantitative estimate of drug-likeness (QED) is 0.808. The molecule has 1 N–H and O–H groups in total. The van der Waals surface area contributed by atoms with Gasteiger partial charge < -0.3 is 14.7 Å². The zero-order valence-electron chi connectivity index (χ0n) is 13.6. The Kier molecular flexibility index (Phi) is 5.63. The summed E-state index contributed by atoms with van der Waals surface area (Å²) in [6.07, 6.45) is 3.70. The van der Waals surface area contributed by atoms with Gasteiger partial charge in [-0.2, -0.15) is 0 Å². The molecule has 128 valence electrons. The Bertz CT molecular complexity index is 524. The second kappa shape index (κ2) is 7.70. The first-order chi connectivity index (χ1) is 11.2. The van der Waals surface area contributed by atoms with Gasteiger partial charge in [-0.3, -0.25) is 9.69 Å². The number of thiazole rings is 1. The summed E-state index contributed by atoms with van der Waals surface area (Å²) in [6, 6.07) is 0. The van der Waals surface area contributed by atoms with Gasteiger partial charge in [0.05, 0.1) is 23.9 Å². The Hall–Kier alpha value is -1.02. The zero-order valence-corrected chi connectivity index (χ0v) is 14.4. The van der Waals surface area contributed by atoms with Gasteiger partial charge in [-0.05, 0) is 19.8 Å². The number of carbonyl (C=O) groups is 1. The van der Waals surface area contributed by atoms with E-state index in [1.165, 1.54) is 12.8 Å². The summed E-state index contributed by atoms with van der Waals surface area (Å²) in [5.74, 6) is 0.703. The summed E-state index contributed by atoms with van der Waals surface area (Å²) >= 11 is 1.55. The van der Waals surface area contributed by atoms with Crippen molar-refractivity contribution in [2.75, 3.05) is 45.9 Å². The van der Waals surface area contributed by atoms with E-state index in [1.807, 2.05) is 11.8 Å². The molecule has 1 saturated heterocycles. The lowest BCUT2D eigenvalue weighted by Crippen LogP contribution is -2.50. The van der Waals surface area contributed by atoms with Crippen LogP contribution >= 0.6 is 11.3 Å². The molecule has 7 heteroatoms. The van der Waals surface area contributed by atoms with Crippen LogP contribution in [0.1, 0.15) is 40.4 Å². The highest BCUT2D eigenvalue weighted by Crippen LogP contribution is 2.41. The van der Waals surface area contributed by atoms with Crippen molar-refractivity contribution in [2.24, 2.45) is 0 Å². The van der Waals surface area contributed by atoms with Crippen molar-refractivity contribution in [1.82, 2.24) is 14.8 Å². The first kappa shape index (κ1) is 16.8. The number of nitrogens with zero attached hydrogens (tertiary/aromatic N) is 3. The zero-order chi connectivity index (χ0) is 16.2. The van der Waals surface area contributed by atoms with Crippen molar-refractivity contribution in [3.63, 3.8) is 0 Å². The van der Waals surface area contributed by atoms with Crippen molar-refractivity contribution in [1.29, 1.82) is 0 Å². The van der Waals surface area contributed by atoms with Gasteiger partial charge in [0.1, 0.15) is 4.88 Å². The second-order valence-electron chi connectivity index (χ2n) is 6.24. The van der Waals surface area contributed by atoms with Crippen LogP contribution in [0.25, 0.3) is 0 Å². The molecule has 0 bridgehead atoms. The van der Waals surface area contributed by atoms with Crippen molar-refractivity contribution in [2.45, 2.75) is 31.8 Å². The molecule has 1 amide bonds. The Balaban J connectivity index is 1.45. The van der Waals surface area contributed by atoms with Crippen LogP contribution in [0.3, 0.4) is 0 Å². The third-order valence-corrected chi connectivity index (χ3v) is 5.45. The van der Waals surface area contributed by atoms with E-state index in [0.29, 0.717) is 38.8 Å². The fraction of sp³-hybridized carbons (Fsp3) is 0.750. The number of ether oxygens (including phenoxy) is 1. The molecule has 2 aliphatic rings. The van der Waals surface area contributed by atoms with Gasteiger partial charge in [-0.15, -0.1) is 11.3 Å². The van der Waals surface area contributed by atoms with E-state index < -0.39 is 6.10 Å². The lowest BCUT2D eigenvalue weighted by atomic mass is 10.2. The van der Waals surface area contributed by atoms with E-state index in [-0.39, 0.29) is 5.91 Å². The minimum absolute atomic E-state index is 0.101. The number of β-amino-alcohol motifs (C(OH)–C–C–N with tert-alkyl or cyclic N) is 1. The molecule has 2 heterocycles. The third kappa shape index (κ3) is 4.50. The number of aliphatic hydroxyl groups excluding tert-OH is 1. The van der Waals surface area contributed by atoms with Crippen LogP contribution in [0.15, 0.2) is 6.20 Å². The molecule has 0 spiro atoms. The summed E-state index contributed by atoms with van der Waals surface area (Å²) in [4.78, 5) is 21.8.